The second kappa shape index (κ2) is 15.3. The van der Waals surface area contributed by atoms with Crippen LogP contribution in [-0.4, -0.2) is 8.07 Å². The highest BCUT2D eigenvalue weighted by Crippen LogP contribution is 2.53. The van der Waals surface area contributed by atoms with Gasteiger partial charge < -0.3 is 4.90 Å². The van der Waals surface area contributed by atoms with Crippen molar-refractivity contribution in [1.29, 1.82) is 0 Å². The molecule has 1 atom stereocenters. The number of rotatable bonds is 6. The lowest BCUT2D eigenvalue weighted by atomic mass is 9.82. The van der Waals surface area contributed by atoms with Gasteiger partial charge in [0, 0.05) is 62.2 Å². The first-order chi connectivity index (χ1) is 33.4. The van der Waals surface area contributed by atoms with Crippen molar-refractivity contribution in [2.75, 3.05) is 4.90 Å². The summed E-state index contributed by atoms with van der Waals surface area (Å²) in [5.74, 6) is 0. The molecule has 5 heteroatoms. The molecule has 3 aliphatic rings. The highest BCUT2D eigenvalue weighted by molar-refractivity contribution is 8.05. The smallest absolute Gasteiger partial charge is 0.180 e. The van der Waals surface area contributed by atoms with E-state index in [9.17, 15) is 0 Å². The molecule has 0 amide bonds. The number of anilines is 3. The Kier molecular flexibility index (Phi) is 9.07. The standard InChI is InChI=1S/C63H43NS3Si/c1-63(2)52-19-9-6-16-47(52)48-35-33-46(39-53(48)63)68(59-23-13-8-18-51(59)61-60(68)37-36-57-62(61)67-56-22-12-11-21-55(56)66-57)45-31-26-41(27-32-45)40-24-28-43(29-25-40)64(42-14-4-3-5-15-42)44-30-34-50-49-17-7-10-20-54(49)65-58(50)38-44/h3-39H,1-2H3. The van der Waals surface area contributed by atoms with E-state index in [0.29, 0.717) is 0 Å². The predicted molar refractivity (Wildman–Crippen MR) is 294 cm³/mol. The normalized spacial score (nSPS) is 15.9. The second-order valence-electron chi connectivity index (χ2n) is 18.8. The Morgan fingerprint density at radius 1 is 0.397 bits per heavy atom. The molecule has 0 spiro atoms. The molecule has 1 nitrogen and oxygen atoms in total. The maximum absolute atomic E-state index is 2.87. The van der Waals surface area contributed by atoms with Crippen molar-refractivity contribution in [2.45, 2.75) is 38.8 Å². The Balaban J connectivity index is 0.902. The third-order valence-electron chi connectivity index (χ3n) is 14.8. The quantitative estimate of drug-likeness (QED) is 0.153. The van der Waals surface area contributed by atoms with Crippen LogP contribution in [0.4, 0.5) is 17.1 Å². The Labute approximate surface area is 410 Å². The summed E-state index contributed by atoms with van der Waals surface area (Å²) >= 11 is 5.73. The van der Waals surface area contributed by atoms with E-state index in [4.69, 9.17) is 0 Å². The maximum Gasteiger partial charge on any atom is 0.180 e. The summed E-state index contributed by atoms with van der Waals surface area (Å²) in [6, 6.07) is 85.1. The third kappa shape index (κ3) is 5.89. The molecular weight excluding hydrogens is 895 g/mol. The van der Waals surface area contributed by atoms with Gasteiger partial charge in [-0.15, -0.1) is 11.3 Å². The predicted octanol–water partition coefficient (Wildman–Crippen LogP) is 15.5. The first-order valence-electron chi connectivity index (χ1n) is 23.4. The molecular formula is C63H43NS3Si. The van der Waals surface area contributed by atoms with Gasteiger partial charge in [-0.25, -0.2) is 0 Å². The fourth-order valence-corrected chi connectivity index (χ4v) is 20.5. The van der Waals surface area contributed by atoms with Gasteiger partial charge in [0.1, 0.15) is 0 Å². The first-order valence-corrected chi connectivity index (χ1v) is 27.8. The zero-order chi connectivity index (χ0) is 45.1. The molecule has 1 aromatic heterocycles. The summed E-state index contributed by atoms with van der Waals surface area (Å²) in [7, 11) is -2.87. The molecule has 14 rings (SSSR count). The van der Waals surface area contributed by atoms with E-state index in [0.717, 1.165) is 17.1 Å². The summed E-state index contributed by atoms with van der Waals surface area (Å²) in [5.41, 5.74) is 14.1. The van der Waals surface area contributed by atoms with Gasteiger partial charge in [0.25, 0.3) is 0 Å². The van der Waals surface area contributed by atoms with E-state index in [-0.39, 0.29) is 5.41 Å². The van der Waals surface area contributed by atoms with Crippen molar-refractivity contribution in [3.63, 3.8) is 0 Å². The highest BCUT2D eigenvalue weighted by Gasteiger charge is 2.51. The minimum atomic E-state index is -2.87. The number of hydrogen-bond donors (Lipinski definition) is 0. The number of benzene rings is 10. The lowest BCUT2D eigenvalue weighted by molar-refractivity contribution is 0.661. The number of thiophene rings is 1. The van der Waals surface area contributed by atoms with Crippen molar-refractivity contribution in [3.05, 3.63) is 236 Å². The molecule has 0 saturated carbocycles. The molecule has 0 fully saturated rings. The van der Waals surface area contributed by atoms with Crippen LogP contribution >= 0.6 is 34.9 Å². The van der Waals surface area contributed by atoms with Crippen molar-refractivity contribution in [1.82, 2.24) is 0 Å². The van der Waals surface area contributed by atoms with Crippen molar-refractivity contribution in [3.8, 4) is 33.4 Å². The molecule has 11 aromatic rings. The Morgan fingerprint density at radius 2 is 1.01 bits per heavy atom. The maximum atomic E-state index is 2.62. The van der Waals surface area contributed by atoms with Crippen molar-refractivity contribution in [2.24, 2.45) is 0 Å². The van der Waals surface area contributed by atoms with Gasteiger partial charge in [0.15, 0.2) is 8.07 Å². The number of para-hydroxylation sites is 1. The van der Waals surface area contributed by atoms with Crippen LogP contribution in [0.3, 0.4) is 0 Å². The van der Waals surface area contributed by atoms with E-state index in [1.165, 1.54) is 105 Å². The zero-order valence-corrected chi connectivity index (χ0v) is 41.0. The second-order valence-corrected chi connectivity index (χ2v) is 25.7. The van der Waals surface area contributed by atoms with Crippen LogP contribution in [0, 0.1) is 0 Å². The average Bonchev–Trinajstić information content (AvgIpc) is 4.00. The molecule has 68 heavy (non-hydrogen) atoms. The van der Waals surface area contributed by atoms with Crippen LogP contribution in [0.1, 0.15) is 25.0 Å². The van der Waals surface area contributed by atoms with Crippen LogP contribution in [0.15, 0.2) is 244 Å². The summed E-state index contributed by atoms with van der Waals surface area (Å²) in [6.45, 7) is 4.83. The fraction of sp³-hybridized carbons (Fsp3) is 0.0476. The molecule has 0 bridgehead atoms. The van der Waals surface area contributed by atoms with E-state index in [1.807, 2.05) is 34.9 Å². The van der Waals surface area contributed by atoms with Gasteiger partial charge in [0.2, 0.25) is 0 Å². The number of fused-ring (bicyclic) bond motifs is 12. The van der Waals surface area contributed by atoms with Gasteiger partial charge in [-0.3, -0.25) is 0 Å². The van der Waals surface area contributed by atoms with E-state index < -0.39 is 8.07 Å². The molecule has 322 valence electrons. The van der Waals surface area contributed by atoms with Gasteiger partial charge in [-0.05, 0) is 126 Å². The van der Waals surface area contributed by atoms with E-state index >= 15 is 0 Å². The van der Waals surface area contributed by atoms with Crippen LogP contribution in [0.25, 0.3) is 53.6 Å². The molecule has 0 saturated heterocycles. The van der Waals surface area contributed by atoms with Gasteiger partial charge >= 0.3 is 0 Å². The molecule has 3 heterocycles. The fourth-order valence-electron chi connectivity index (χ4n) is 11.7. The summed E-state index contributed by atoms with van der Waals surface area (Å²) in [5, 5.41) is 8.46. The van der Waals surface area contributed by atoms with Crippen LogP contribution in [-0.2, 0) is 5.41 Å². The van der Waals surface area contributed by atoms with Gasteiger partial charge in [0.05, 0.1) is 0 Å². The molecule has 0 N–H and O–H groups in total. The molecule has 1 unspecified atom stereocenters. The summed E-state index contributed by atoms with van der Waals surface area (Å²) in [4.78, 5) is 7.80. The van der Waals surface area contributed by atoms with E-state index in [2.05, 4.69) is 243 Å². The van der Waals surface area contributed by atoms with Gasteiger partial charge in [-0.1, -0.05) is 201 Å². The first kappa shape index (κ1) is 40.2. The van der Waals surface area contributed by atoms with Crippen LogP contribution in [0.2, 0.25) is 0 Å². The molecule has 10 aromatic carbocycles. The van der Waals surface area contributed by atoms with Gasteiger partial charge in [-0.2, -0.15) is 0 Å². The minimum Gasteiger partial charge on any atom is -0.310 e. The zero-order valence-electron chi connectivity index (χ0n) is 37.5. The van der Waals surface area contributed by atoms with E-state index in [1.54, 1.807) is 0 Å². The highest BCUT2D eigenvalue weighted by atomic mass is 32.2. The Hall–Kier alpha value is -6.86. The summed E-state index contributed by atoms with van der Waals surface area (Å²) < 4.78 is 2.62. The number of nitrogens with zero attached hydrogens (tertiary/aromatic N) is 1. The molecule has 1 aliphatic carbocycles. The lowest BCUT2D eigenvalue weighted by Crippen LogP contribution is -2.73. The minimum absolute atomic E-state index is 0.109. The monoisotopic (exact) mass is 937 g/mol. The van der Waals surface area contributed by atoms with Crippen molar-refractivity contribution >= 4 is 101 Å². The molecule has 2 aliphatic heterocycles. The topological polar surface area (TPSA) is 3.24 Å². The lowest BCUT2D eigenvalue weighted by Gasteiger charge is -2.33. The average molecular weight is 938 g/mol. The van der Waals surface area contributed by atoms with Crippen LogP contribution in [0.5, 0.6) is 0 Å². The van der Waals surface area contributed by atoms with Crippen molar-refractivity contribution < 1.29 is 0 Å². The largest absolute Gasteiger partial charge is 0.310 e. The SMILES string of the molecule is CC1(C)c2ccccc2-c2ccc([Si]3(c4ccc(-c5ccc(N(c6ccccc6)c6ccc7c(c6)sc6ccccc67)cc5)cc4)c4ccccc4-c4c3ccc3c4Sc4ccccc4S3)cc21. The Morgan fingerprint density at radius 3 is 1.84 bits per heavy atom. The molecule has 0 radical (unpaired) electrons. The Bertz CT molecular complexity index is 3840. The van der Waals surface area contributed by atoms with Crippen LogP contribution < -0.4 is 25.6 Å². The third-order valence-corrected chi connectivity index (χ3v) is 23.4. The number of hydrogen-bond acceptors (Lipinski definition) is 4. The summed E-state index contributed by atoms with van der Waals surface area (Å²) in [6.07, 6.45) is 0.